The van der Waals surface area contributed by atoms with Crippen LogP contribution in [0.2, 0.25) is 0 Å². The van der Waals surface area contributed by atoms with Gasteiger partial charge in [-0.1, -0.05) is 6.92 Å². The first-order valence-electron chi connectivity index (χ1n) is 5.89. The Morgan fingerprint density at radius 2 is 2.12 bits per heavy atom. The monoisotopic (exact) mass is 243 g/mol. The van der Waals surface area contributed by atoms with E-state index in [1.807, 2.05) is 13.0 Å². The zero-order valence-corrected chi connectivity index (χ0v) is 10.1. The minimum Gasteiger partial charge on any atom is -0.467 e. The Hall–Kier alpha value is -0.880. The number of rotatable bonds is 9. The van der Waals surface area contributed by atoms with Crippen molar-refractivity contribution in [3.63, 3.8) is 0 Å². The highest BCUT2D eigenvalue weighted by atomic mass is 16.5. The molecule has 1 aromatic heterocycles. The standard InChI is InChI=1S/C12H21NO4/c1-2-10(14)6-13-7-11(15)8-16-9-12-4-3-5-17-12/h3-5,10-11,13-15H,2,6-9H2,1H3. The van der Waals surface area contributed by atoms with Crippen LogP contribution in [0.5, 0.6) is 0 Å². The van der Waals surface area contributed by atoms with E-state index in [4.69, 9.17) is 9.15 Å². The summed E-state index contributed by atoms with van der Waals surface area (Å²) in [6, 6.07) is 3.62. The molecule has 0 bridgehead atoms. The normalized spacial score (nSPS) is 14.8. The number of hydrogen-bond acceptors (Lipinski definition) is 5. The minimum atomic E-state index is -0.575. The largest absolute Gasteiger partial charge is 0.467 e. The Kier molecular flexibility index (Phi) is 6.88. The molecule has 0 saturated heterocycles. The molecular formula is C12H21NO4. The molecule has 2 atom stereocenters. The van der Waals surface area contributed by atoms with E-state index in [0.29, 0.717) is 26.1 Å². The molecule has 0 aliphatic heterocycles. The summed E-state index contributed by atoms with van der Waals surface area (Å²) in [6.45, 7) is 3.42. The molecule has 5 heteroatoms. The molecule has 17 heavy (non-hydrogen) atoms. The van der Waals surface area contributed by atoms with Crippen LogP contribution in [0.4, 0.5) is 0 Å². The average Bonchev–Trinajstić information content (AvgIpc) is 2.82. The third-order valence-corrected chi connectivity index (χ3v) is 2.37. The molecule has 0 aliphatic rings. The van der Waals surface area contributed by atoms with Crippen molar-refractivity contribution in [3.05, 3.63) is 24.2 Å². The van der Waals surface area contributed by atoms with Gasteiger partial charge in [0, 0.05) is 13.1 Å². The highest BCUT2D eigenvalue weighted by Gasteiger charge is 2.06. The lowest BCUT2D eigenvalue weighted by molar-refractivity contribution is 0.0213. The fraction of sp³-hybridized carbons (Fsp3) is 0.667. The lowest BCUT2D eigenvalue weighted by Crippen LogP contribution is -2.35. The smallest absolute Gasteiger partial charge is 0.129 e. The van der Waals surface area contributed by atoms with Crippen LogP contribution in [-0.2, 0) is 11.3 Å². The summed E-state index contributed by atoms with van der Waals surface area (Å²) in [4.78, 5) is 0. The summed E-state index contributed by atoms with van der Waals surface area (Å²) < 4.78 is 10.4. The average molecular weight is 243 g/mol. The summed E-state index contributed by atoms with van der Waals surface area (Å²) in [6.07, 6.45) is 1.36. The lowest BCUT2D eigenvalue weighted by atomic mass is 10.3. The van der Waals surface area contributed by atoms with Crippen molar-refractivity contribution in [1.29, 1.82) is 0 Å². The number of hydrogen-bond donors (Lipinski definition) is 3. The van der Waals surface area contributed by atoms with Gasteiger partial charge in [-0.2, -0.15) is 0 Å². The maximum atomic E-state index is 9.56. The van der Waals surface area contributed by atoms with Crippen LogP contribution in [0, 0.1) is 0 Å². The van der Waals surface area contributed by atoms with E-state index in [0.717, 1.165) is 5.76 Å². The van der Waals surface area contributed by atoms with Gasteiger partial charge in [0.2, 0.25) is 0 Å². The van der Waals surface area contributed by atoms with Gasteiger partial charge in [0.05, 0.1) is 25.1 Å². The lowest BCUT2D eigenvalue weighted by Gasteiger charge is -2.13. The van der Waals surface area contributed by atoms with Crippen LogP contribution in [0.3, 0.4) is 0 Å². The second-order valence-corrected chi connectivity index (χ2v) is 3.97. The van der Waals surface area contributed by atoms with Gasteiger partial charge < -0.3 is 24.7 Å². The van der Waals surface area contributed by atoms with Gasteiger partial charge in [-0.05, 0) is 18.6 Å². The van der Waals surface area contributed by atoms with Crippen molar-refractivity contribution >= 4 is 0 Å². The highest BCUT2D eigenvalue weighted by molar-refractivity contribution is 4.96. The Morgan fingerprint density at radius 3 is 2.76 bits per heavy atom. The van der Waals surface area contributed by atoms with Gasteiger partial charge >= 0.3 is 0 Å². The first kappa shape index (κ1) is 14.2. The van der Waals surface area contributed by atoms with Gasteiger partial charge in [0.15, 0.2) is 0 Å². The predicted molar refractivity (Wildman–Crippen MR) is 63.5 cm³/mol. The maximum Gasteiger partial charge on any atom is 0.129 e. The molecule has 2 unspecified atom stereocenters. The van der Waals surface area contributed by atoms with Crippen LogP contribution in [-0.4, -0.2) is 42.1 Å². The van der Waals surface area contributed by atoms with Crippen LogP contribution < -0.4 is 5.32 Å². The zero-order chi connectivity index (χ0) is 12.5. The molecule has 0 saturated carbocycles. The SMILES string of the molecule is CCC(O)CNCC(O)COCc1ccco1. The second-order valence-electron chi connectivity index (χ2n) is 3.97. The molecule has 5 nitrogen and oxygen atoms in total. The molecule has 0 amide bonds. The van der Waals surface area contributed by atoms with E-state index < -0.39 is 6.10 Å². The number of aliphatic hydroxyl groups is 2. The fourth-order valence-electron chi connectivity index (χ4n) is 1.31. The molecule has 0 aliphatic carbocycles. The Balaban J connectivity index is 1.99. The van der Waals surface area contributed by atoms with Crippen molar-refractivity contribution in [2.45, 2.75) is 32.2 Å². The molecule has 0 spiro atoms. The predicted octanol–water partition coefficient (Wildman–Crippen LogP) is 0.518. The zero-order valence-electron chi connectivity index (χ0n) is 10.1. The summed E-state index contributed by atoms with van der Waals surface area (Å²) in [5.74, 6) is 0.742. The maximum absolute atomic E-state index is 9.56. The topological polar surface area (TPSA) is 74.9 Å². The van der Waals surface area contributed by atoms with E-state index >= 15 is 0 Å². The first-order chi connectivity index (χ1) is 8.22. The quantitative estimate of drug-likeness (QED) is 0.589. The molecule has 3 N–H and O–H groups in total. The Morgan fingerprint density at radius 1 is 1.35 bits per heavy atom. The van der Waals surface area contributed by atoms with Gasteiger partial charge in [-0.3, -0.25) is 0 Å². The summed E-state index contributed by atoms with van der Waals surface area (Å²) >= 11 is 0. The van der Waals surface area contributed by atoms with Crippen LogP contribution in [0.25, 0.3) is 0 Å². The van der Waals surface area contributed by atoms with E-state index in [1.54, 1.807) is 12.3 Å². The van der Waals surface area contributed by atoms with E-state index in [1.165, 1.54) is 0 Å². The van der Waals surface area contributed by atoms with E-state index in [9.17, 15) is 10.2 Å². The van der Waals surface area contributed by atoms with E-state index in [2.05, 4.69) is 5.32 Å². The fourth-order valence-corrected chi connectivity index (χ4v) is 1.31. The molecule has 98 valence electrons. The van der Waals surface area contributed by atoms with Gasteiger partial charge in [0.1, 0.15) is 12.4 Å². The number of ether oxygens (including phenoxy) is 1. The summed E-state index contributed by atoms with van der Waals surface area (Å²) in [5, 5.41) is 21.8. The molecule has 0 aromatic carbocycles. The first-order valence-corrected chi connectivity index (χ1v) is 5.89. The van der Waals surface area contributed by atoms with Gasteiger partial charge in [-0.25, -0.2) is 0 Å². The van der Waals surface area contributed by atoms with Crippen molar-refractivity contribution in [3.8, 4) is 0 Å². The van der Waals surface area contributed by atoms with Gasteiger partial charge in [-0.15, -0.1) is 0 Å². The van der Waals surface area contributed by atoms with Crippen molar-refractivity contribution < 1.29 is 19.4 Å². The molecule has 0 fully saturated rings. The third-order valence-electron chi connectivity index (χ3n) is 2.37. The molecule has 1 rings (SSSR count). The van der Waals surface area contributed by atoms with Crippen molar-refractivity contribution in [1.82, 2.24) is 5.32 Å². The van der Waals surface area contributed by atoms with Crippen LogP contribution >= 0.6 is 0 Å². The van der Waals surface area contributed by atoms with Gasteiger partial charge in [0.25, 0.3) is 0 Å². The van der Waals surface area contributed by atoms with Crippen LogP contribution in [0.1, 0.15) is 19.1 Å². The molecular weight excluding hydrogens is 222 g/mol. The molecule has 1 heterocycles. The van der Waals surface area contributed by atoms with E-state index in [-0.39, 0.29) is 12.7 Å². The number of nitrogens with one attached hydrogen (secondary N) is 1. The Bertz CT molecular complexity index is 276. The summed E-state index contributed by atoms with van der Waals surface area (Å²) in [7, 11) is 0. The molecule has 0 radical (unpaired) electrons. The third kappa shape index (κ3) is 6.43. The second kappa shape index (κ2) is 8.25. The molecule has 1 aromatic rings. The minimum absolute atomic E-state index is 0.246. The number of furan rings is 1. The van der Waals surface area contributed by atoms with Crippen LogP contribution in [0.15, 0.2) is 22.8 Å². The highest BCUT2D eigenvalue weighted by Crippen LogP contribution is 2.01. The Labute approximate surface area is 101 Å². The van der Waals surface area contributed by atoms with Crippen molar-refractivity contribution in [2.24, 2.45) is 0 Å². The number of aliphatic hydroxyl groups excluding tert-OH is 2. The summed E-state index contributed by atoms with van der Waals surface area (Å²) in [5.41, 5.74) is 0. The van der Waals surface area contributed by atoms with Crippen molar-refractivity contribution in [2.75, 3.05) is 19.7 Å².